The highest BCUT2D eigenvalue weighted by Crippen LogP contribution is 2.18. The lowest BCUT2D eigenvalue weighted by molar-refractivity contribution is 0.399. The standard InChI is InChI=1S/C14H19N3/c1-17-14-9-11(5-6-12(14)10-16-17)8-13-4-2-3-7-15-13/h5-6,9-10,13,15H,2-4,7-8H2,1H3. The maximum Gasteiger partial charge on any atom is 0.0681 e. The Kier molecular flexibility index (Phi) is 2.85. The number of nitrogens with zero attached hydrogens (tertiary/aromatic N) is 2. The van der Waals surface area contributed by atoms with Crippen molar-refractivity contribution in [1.29, 1.82) is 0 Å². The Balaban J connectivity index is 1.82. The van der Waals surface area contributed by atoms with Crippen molar-refractivity contribution < 1.29 is 0 Å². The van der Waals surface area contributed by atoms with Gasteiger partial charge in [-0.1, -0.05) is 18.6 Å². The third kappa shape index (κ3) is 2.20. The van der Waals surface area contributed by atoms with Gasteiger partial charge in [-0.05, 0) is 37.4 Å². The van der Waals surface area contributed by atoms with Gasteiger partial charge in [-0.25, -0.2) is 0 Å². The third-order valence-electron chi connectivity index (χ3n) is 3.71. The SMILES string of the molecule is Cn1ncc2ccc(CC3CCCCN3)cc21. The zero-order chi connectivity index (χ0) is 11.7. The van der Waals surface area contributed by atoms with Crippen LogP contribution in [0.5, 0.6) is 0 Å². The summed E-state index contributed by atoms with van der Waals surface area (Å²) in [5, 5.41) is 9.12. The topological polar surface area (TPSA) is 29.9 Å². The van der Waals surface area contributed by atoms with Gasteiger partial charge in [0.15, 0.2) is 0 Å². The number of aromatic nitrogens is 2. The maximum atomic E-state index is 4.28. The van der Waals surface area contributed by atoms with Gasteiger partial charge in [-0.2, -0.15) is 5.10 Å². The average Bonchev–Trinajstić information content (AvgIpc) is 2.73. The Hall–Kier alpha value is -1.35. The van der Waals surface area contributed by atoms with E-state index in [1.54, 1.807) is 0 Å². The number of hydrogen-bond donors (Lipinski definition) is 1. The summed E-state index contributed by atoms with van der Waals surface area (Å²) in [6.45, 7) is 1.18. The second-order valence-corrected chi connectivity index (χ2v) is 5.01. The highest BCUT2D eigenvalue weighted by Gasteiger charge is 2.13. The first kappa shape index (κ1) is 10.8. The van der Waals surface area contributed by atoms with Crippen LogP contribution in [-0.4, -0.2) is 22.4 Å². The second-order valence-electron chi connectivity index (χ2n) is 5.01. The average molecular weight is 229 g/mol. The van der Waals surface area contributed by atoms with E-state index in [-0.39, 0.29) is 0 Å². The molecule has 3 heteroatoms. The molecule has 1 aliphatic rings. The normalized spacial score (nSPS) is 20.9. The summed E-state index contributed by atoms with van der Waals surface area (Å²) in [7, 11) is 2.00. The first-order valence-electron chi connectivity index (χ1n) is 6.47. The molecule has 90 valence electrons. The van der Waals surface area contributed by atoms with Gasteiger partial charge in [0.2, 0.25) is 0 Å². The van der Waals surface area contributed by atoms with Crippen LogP contribution in [-0.2, 0) is 13.5 Å². The summed E-state index contributed by atoms with van der Waals surface area (Å²) in [6, 6.07) is 7.36. The van der Waals surface area contributed by atoms with Crippen LogP contribution in [0, 0.1) is 0 Å². The molecule has 17 heavy (non-hydrogen) atoms. The minimum atomic E-state index is 0.662. The molecular formula is C14H19N3. The van der Waals surface area contributed by atoms with Gasteiger partial charge in [0.05, 0.1) is 11.7 Å². The van der Waals surface area contributed by atoms with E-state index in [0.29, 0.717) is 6.04 Å². The number of aryl methyl sites for hydroxylation is 1. The number of benzene rings is 1. The predicted octanol–water partition coefficient (Wildman–Crippen LogP) is 2.26. The van der Waals surface area contributed by atoms with Gasteiger partial charge in [0.25, 0.3) is 0 Å². The van der Waals surface area contributed by atoms with Crippen LogP contribution < -0.4 is 5.32 Å². The Bertz CT molecular complexity index is 509. The molecule has 2 heterocycles. The molecule has 0 aliphatic carbocycles. The number of rotatable bonds is 2. The predicted molar refractivity (Wildman–Crippen MR) is 70.1 cm³/mol. The fourth-order valence-corrected chi connectivity index (χ4v) is 2.70. The van der Waals surface area contributed by atoms with Crippen molar-refractivity contribution >= 4 is 10.9 Å². The van der Waals surface area contributed by atoms with Crippen molar-refractivity contribution in [2.45, 2.75) is 31.7 Å². The van der Waals surface area contributed by atoms with Crippen LogP contribution in [0.2, 0.25) is 0 Å². The molecule has 1 aromatic heterocycles. The quantitative estimate of drug-likeness (QED) is 0.856. The van der Waals surface area contributed by atoms with Crippen molar-refractivity contribution in [3.05, 3.63) is 30.0 Å². The van der Waals surface area contributed by atoms with Crippen molar-refractivity contribution in [3.63, 3.8) is 0 Å². The first-order valence-corrected chi connectivity index (χ1v) is 6.47. The molecule has 1 aromatic carbocycles. The molecule has 1 fully saturated rings. The largest absolute Gasteiger partial charge is 0.314 e. The number of hydrogen-bond acceptors (Lipinski definition) is 2. The van der Waals surface area contributed by atoms with E-state index >= 15 is 0 Å². The van der Waals surface area contributed by atoms with Crippen molar-refractivity contribution in [2.75, 3.05) is 6.54 Å². The van der Waals surface area contributed by atoms with E-state index < -0.39 is 0 Å². The molecule has 1 saturated heterocycles. The van der Waals surface area contributed by atoms with Crippen LogP contribution in [0.15, 0.2) is 24.4 Å². The Labute approximate surface area is 102 Å². The summed E-state index contributed by atoms with van der Waals surface area (Å²) in [6.07, 6.45) is 7.07. The van der Waals surface area contributed by atoms with Gasteiger partial charge in [-0.3, -0.25) is 4.68 Å². The van der Waals surface area contributed by atoms with Gasteiger partial charge in [0.1, 0.15) is 0 Å². The molecule has 0 saturated carbocycles. The van der Waals surface area contributed by atoms with Crippen LogP contribution in [0.3, 0.4) is 0 Å². The highest BCUT2D eigenvalue weighted by molar-refractivity contribution is 5.79. The minimum absolute atomic E-state index is 0.662. The highest BCUT2D eigenvalue weighted by atomic mass is 15.2. The maximum absolute atomic E-state index is 4.28. The molecule has 0 bridgehead atoms. The number of piperidine rings is 1. The van der Waals surface area contributed by atoms with E-state index in [4.69, 9.17) is 0 Å². The molecule has 0 spiro atoms. The van der Waals surface area contributed by atoms with Crippen LogP contribution >= 0.6 is 0 Å². The van der Waals surface area contributed by atoms with Crippen LogP contribution in [0.1, 0.15) is 24.8 Å². The summed E-state index contributed by atoms with van der Waals surface area (Å²) in [4.78, 5) is 0. The molecular weight excluding hydrogens is 210 g/mol. The zero-order valence-corrected chi connectivity index (χ0v) is 10.3. The summed E-state index contributed by atoms with van der Waals surface area (Å²) < 4.78 is 1.95. The summed E-state index contributed by atoms with van der Waals surface area (Å²) in [5.41, 5.74) is 2.65. The van der Waals surface area contributed by atoms with Gasteiger partial charge in [0, 0.05) is 18.5 Å². The molecule has 3 rings (SSSR count). The zero-order valence-electron chi connectivity index (χ0n) is 10.3. The van der Waals surface area contributed by atoms with E-state index in [0.717, 1.165) is 6.42 Å². The summed E-state index contributed by atoms with van der Waals surface area (Å²) in [5.74, 6) is 0. The Morgan fingerprint density at radius 2 is 2.35 bits per heavy atom. The van der Waals surface area contributed by atoms with Crippen molar-refractivity contribution in [3.8, 4) is 0 Å². The smallest absolute Gasteiger partial charge is 0.0681 e. The van der Waals surface area contributed by atoms with E-state index in [9.17, 15) is 0 Å². The molecule has 0 radical (unpaired) electrons. The molecule has 1 atom stereocenters. The van der Waals surface area contributed by atoms with Gasteiger partial charge < -0.3 is 5.32 Å². The minimum Gasteiger partial charge on any atom is -0.314 e. The second kappa shape index (κ2) is 4.49. The Morgan fingerprint density at radius 1 is 1.41 bits per heavy atom. The first-order chi connectivity index (χ1) is 8.33. The van der Waals surface area contributed by atoms with Crippen molar-refractivity contribution in [1.82, 2.24) is 15.1 Å². The molecule has 1 N–H and O–H groups in total. The van der Waals surface area contributed by atoms with Gasteiger partial charge >= 0.3 is 0 Å². The molecule has 2 aromatic rings. The lowest BCUT2D eigenvalue weighted by Gasteiger charge is -2.23. The molecule has 1 aliphatic heterocycles. The molecule has 0 amide bonds. The lowest BCUT2D eigenvalue weighted by Crippen LogP contribution is -2.35. The fourth-order valence-electron chi connectivity index (χ4n) is 2.70. The van der Waals surface area contributed by atoms with Gasteiger partial charge in [-0.15, -0.1) is 0 Å². The van der Waals surface area contributed by atoms with E-state index in [1.807, 2.05) is 17.9 Å². The van der Waals surface area contributed by atoms with Crippen LogP contribution in [0.4, 0.5) is 0 Å². The lowest BCUT2D eigenvalue weighted by atomic mass is 9.97. The van der Waals surface area contributed by atoms with Crippen molar-refractivity contribution in [2.24, 2.45) is 7.05 Å². The van der Waals surface area contributed by atoms with Crippen LogP contribution in [0.25, 0.3) is 10.9 Å². The number of nitrogens with one attached hydrogen (secondary N) is 1. The monoisotopic (exact) mass is 229 g/mol. The Morgan fingerprint density at radius 3 is 3.18 bits per heavy atom. The molecule has 3 nitrogen and oxygen atoms in total. The molecule has 1 unspecified atom stereocenters. The third-order valence-corrected chi connectivity index (χ3v) is 3.71. The van der Waals surface area contributed by atoms with E-state index in [2.05, 4.69) is 28.6 Å². The fraction of sp³-hybridized carbons (Fsp3) is 0.500. The van der Waals surface area contributed by atoms with E-state index in [1.165, 1.54) is 42.3 Å². The summed E-state index contributed by atoms with van der Waals surface area (Å²) >= 11 is 0. The number of fused-ring (bicyclic) bond motifs is 1.